The summed E-state index contributed by atoms with van der Waals surface area (Å²) in [4.78, 5) is 7.13. The van der Waals surface area contributed by atoms with Gasteiger partial charge < -0.3 is 24.8 Å². The van der Waals surface area contributed by atoms with E-state index in [0.29, 0.717) is 18.8 Å². The second-order valence-corrected chi connectivity index (χ2v) is 7.25. The zero-order chi connectivity index (χ0) is 18.9. The summed E-state index contributed by atoms with van der Waals surface area (Å²) in [5.41, 5.74) is 2.02. The third-order valence-electron chi connectivity index (χ3n) is 5.31. The van der Waals surface area contributed by atoms with Crippen molar-refractivity contribution in [2.45, 2.75) is 58.0 Å². The number of guanidine groups is 1. The second kappa shape index (κ2) is 12.6. The van der Waals surface area contributed by atoms with Gasteiger partial charge in [0.2, 0.25) is 0 Å². The van der Waals surface area contributed by atoms with Crippen molar-refractivity contribution in [2.24, 2.45) is 4.99 Å². The normalized spacial score (nSPS) is 20.9. The van der Waals surface area contributed by atoms with Crippen LogP contribution < -0.4 is 5.32 Å². The summed E-state index contributed by atoms with van der Waals surface area (Å²) in [5.74, 6) is 0.947. The van der Waals surface area contributed by atoms with E-state index < -0.39 is 0 Å². The van der Waals surface area contributed by atoms with Crippen LogP contribution in [-0.2, 0) is 22.6 Å². The number of nitrogens with one attached hydrogen (secondary N) is 1. The first-order valence-corrected chi connectivity index (χ1v) is 10.2. The van der Waals surface area contributed by atoms with Crippen molar-refractivity contribution >= 4 is 29.9 Å². The average Bonchev–Trinajstić information content (AvgIpc) is 3.24. The maximum absolute atomic E-state index is 9.50. The van der Waals surface area contributed by atoms with Gasteiger partial charge in [-0.25, -0.2) is 4.99 Å². The fraction of sp³-hybridized carbons (Fsp3) is 0.667. The maximum atomic E-state index is 9.50. The van der Waals surface area contributed by atoms with Crippen LogP contribution in [0.1, 0.15) is 43.7 Å². The van der Waals surface area contributed by atoms with E-state index in [9.17, 15) is 5.11 Å². The molecule has 6 nitrogen and oxygen atoms in total. The molecular weight excluding hydrogens is 469 g/mol. The van der Waals surface area contributed by atoms with Gasteiger partial charge in [0.05, 0.1) is 32.0 Å². The number of ether oxygens (including phenoxy) is 2. The van der Waals surface area contributed by atoms with Crippen LogP contribution in [0.15, 0.2) is 29.3 Å². The second-order valence-electron chi connectivity index (χ2n) is 7.25. The molecule has 28 heavy (non-hydrogen) atoms. The van der Waals surface area contributed by atoms with Crippen LogP contribution in [0.5, 0.6) is 0 Å². The Morgan fingerprint density at radius 3 is 2.64 bits per heavy atom. The summed E-state index contributed by atoms with van der Waals surface area (Å²) in [5, 5.41) is 12.9. The van der Waals surface area contributed by atoms with Crippen LogP contribution in [0.25, 0.3) is 0 Å². The van der Waals surface area contributed by atoms with Crippen LogP contribution in [0.2, 0.25) is 0 Å². The fourth-order valence-electron chi connectivity index (χ4n) is 3.71. The van der Waals surface area contributed by atoms with Crippen molar-refractivity contribution in [3.05, 3.63) is 35.4 Å². The lowest BCUT2D eigenvalue weighted by Crippen LogP contribution is -2.47. The third kappa shape index (κ3) is 6.86. The van der Waals surface area contributed by atoms with Gasteiger partial charge in [-0.3, -0.25) is 0 Å². The van der Waals surface area contributed by atoms with Crippen molar-refractivity contribution in [2.75, 3.05) is 32.8 Å². The summed E-state index contributed by atoms with van der Waals surface area (Å²) in [6.07, 6.45) is 4.95. The van der Waals surface area contributed by atoms with Gasteiger partial charge in [0, 0.05) is 26.2 Å². The number of nitrogens with zero attached hydrogens (tertiary/aromatic N) is 2. The average molecular weight is 503 g/mol. The molecule has 0 radical (unpaired) electrons. The number of piperidine rings is 1. The van der Waals surface area contributed by atoms with Gasteiger partial charge in [-0.2, -0.15) is 0 Å². The molecule has 0 aromatic heterocycles. The molecule has 0 bridgehead atoms. The maximum Gasteiger partial charge on any atom is 0.194 e. The van der Waals surface area contributed by atoms with Gasteiger partial charge in [0.25, 0.3) is 0 Å². The van der Waals surface area contributed by atoms with Crippen molar-refractivity contribution in [3.63, 3.8) is 0 Å². The number of hydrogen-bond acceptors (Lipinski definition) is 4. The minimum atomic E-state index is 0. The Morgan fingerprint density at radius 1 is 1.25 bits per heavy atom. The smallest absolute Gasteiger partial charge is 0.194 e. The van der Waals surface area contributed by atoms with Gasteiger partial charge in [0.15, 0.2) is 5.96 Å². The molecule has 1 unspecified atom stereocenters. The number of aliphatic imine (C=N–C) groups is 1. The quantitative estimate of drug-likeness (QED) is 0.341. The molecule has 0 amide bonds. The van der Waals surface area contributed by atoms with E-state index in [0.717, 1.165) is 75.6 Å². The first kappa shape index (κ1) is 23.4. The number of aliphatic hydroxyl groups excluding tert-OH is 1. The van der Waals surface area contributed by atoms with Crippen LogP contribution in [0.4, 0.5) is 0 Å². The van der Waals surface area contributed by atoms with Crippen molar-refractivity contribution in [1.82, 2.24) is 10.2 Å². The van der Waals surface area contributed by atoms with Crippen LogP contribution in [-0.4, -0.2) is 61.0 Å². The lowest BCUT2D eigenvalue weighted by Gasteiger charge is -2.34. The van der Waals surface area contributed by atoms with E-state index >= 15 is 0 Å². The molecule has 1 aromatic rings. The molecule has 158 valence electrons. The molecule has 1 aromatic carbocycles. The Hall–Kier alpha value is -0.900. The van der Waals surface area contributed by atoms with Crippen LogP contribution in [0.3, 0.4) is 0 Å². The van der Waals surface area contributed by atoms with Crippen molar-refractivity contribution < 1.29 is 14.6 Å². The summed E-state index contributed by atoms with van der Waals surface area (Å²) < 4.78 is 11.7. The number of aliphatic hydroxyl groups is 1. The van der Waals surface area contributed by atoms with E-state index in [-0.39, 0.29) is 30.6 Å². The van der Waals surface area contributed by atoms with Crippen LogP contribution in [0, 0.1) is 0 Å². The van der Waals surface area contributed by atoms with Crippen molar-refractivity contribution in [1.29, 1.82) is 0 Å². The largest absolute Gasteiger partial charge is 0.392 e. The monoisotopic (exact) mass is 503 g/mol. The Labute approximate surface area is 185 Å². The zero-order valence-corrected chi connectivity index (χ0v) is 19.1. The number of likely N-dealkylation sites (tertiary alicyclic amines) is 1. The summed E-state index contributed by atoms with van der Waals surface area (Å²) in [7, 11) is 0. The first-order valence-electron chi connectivity index (χ1n) is 10.2. The van der Waals surface area contributed by atoms with E-state index in [2.05, 4.69) is 17.1 Å². The van der Waals surface area contributed by atoms with Crippen LogP contribution >= 0.6 is 24.0 Å². The highest BCUT2D eigenvalue weighted by Crippen LogP contribution is 2.18. The highest BCUT2D eigenvalue weighted by atomic mass is 127. The van der Waals surface area contributed by atoms with E-state index in [4.69, 9.17) is 14.5 Å². The molecule has 2 saturated heterocycles. The molecule has 2 heterocycles. The molecule has 2 N–H and O–H groups in total. The molecule has 0 aliphatic carbocycles. The zero-order valence-electron chi connectivity index (χ0n) is 16.8. The standard InChI is InChI=1S/C21H33N3O3.HI/c1-2-22-21(23-14-17-6-3-4-7-18(17)15-25)24-11-9-19(10-12-24)27-16-20-8-5-13-26-20;/h3-4,6-7,19-20,25H,2,5,8-16H2,1H3,(H,22,23);1H. The predicted octanol–water partition coefficient (Wildman–Crippen LogP) is 2.92. The summed E-state index contributed by atoms with van der Waals surface area (Å²) >= 11 is 0. The lowest BCUT2D eigenvalue weighted by atomic mass is 10.1. The van der Waals surface area contributed by atoms with E-state index in [1.165, 1.54) is 0 Å². The van der Waals surface area contributed by atoms with Gasteiger partial charge in [-0.1, -0.05) is 24.3 Å². The molecule has 0 spiro atoms. The number of rotatable bonds is 7. The molecule has 7 heteroatoms. The number of benzene rings is 1. The summed E-state index contributed by atoms with van der Waals surface area (Å²) in [6, 6.07) is 7.93. The predicted molar refractivity (Wildman–Crippen MR) is 122 cm³/mol. The SMILES string of the molecule is CCNC(=NCc1ccccc1CO)N1CCC(OCC2CCCO2)CC1.I. The van der Waals surface area contributed by atoms with Gasteiger partial charge in [0.1, 0.15) is 0 Å². The Kier molecular flexibility index (Phi) is 10.5. The van der Waals surface area contributed by atoms with Crippen molar-refractivity contribution in [3.8, 4) is 0 Å². The van der Waals surface area contributed by atoms with Gasteiger partial charge in [-0.15, -0.1) is 24.0 Å². The Bertz CT molecular complexity index is 600. The number of halogens is 1. The summed E-state index contributed by atoms with van der Waals surface area (Å²) in [6.45, 7) is 7.08. The third-order valence-corrected chi connectivity index (χ3v) is 5.31. The molecule has 1 atom stereocenters. The Balaban J connectivity index is 0.00000280. The van der Waals surface area contributed by atoms with Gasteiger partial charge in [-0.05, 0) is 43.7 Å². The number of hydrogen-bond donors (Lipinski definition) is 2. The molecule has 3 rings (SSSR count). The molecule has 2 aliphatic rings. The molecule has 0 saturated carbocycles. The molecule has 2 fully saturated rings. The van der Waals surface area contributed by atoms with E-state index in [1.807, 2.05) is 24.3 Å². The lowest BCUT2D eigenvalue weighted by molar-refractivity contribution is -0.0367. The minimum Gasteiger partial charge on any atom is -0.392 e. The highest BCUT2D eigenvalue weighted by molar-refractivity contribution is 14.0. The van der Waals surface area contributed by atoms with Gasteiger partial charge >= 0.3 is 0 Å². The Morgan fingerprint density at radius 2 is 2.00 bits per heavy atom. The molecular formula is C21H34IN3O3. The van der Waals surface area contributed by atoms with E-state index in [1.54, 1.807) is 0 Å². The minimum absolute atomic E-state index is 0. The first-order chi connectivity index (χ1) is 13.3. The molecule has 2 aliphatic heterocycles. The highest BCUT2D eigenvalue weighted by Gasteiger charge is 2.24. The topological polar surface area (TPSA) is 66.3 Å². The fourth-order valence-corrected chi connectivity index (χ4v) is 3.71.